The van der Waals surface area contributed by atoms with Crippen molar-refractivity contribution in [3.8, 4) is 0 Å². The molecule has 1 fully saturated rings. The van der Waals surface area contributed by atoms with Gasteiger partial charge in [0, 0.05) is 19.5 Å². The second-order valence-corrected chi connectivity index (χ2v) is 3.58. The third-order valence-electron chi connectivity index (χ3n) is 2.48. The topological polar surface area (TPSA) is 101 Å². The van der Waals surface area contributed by atoms with E-state index in [1.54, 1.807) is 0 Å². The Morgan fingerprint density at radius 1 is 1.47 bits per heavy atom. The highest BCUT2D eigenvalue weighted by Gasteiger charge is 2.38. The monoisotopic (exact) mass is 243 g/mol. The number of rotatable bonds is 3. The van der Waals surface area contributed by atoms with Gasteiger partial charge >= 0.3 is 12.1 Å². The molecule has 1 heterocycles. The summed E-state index contributed by atoms with van der Waals surface area (Å²) in [6.07, 6.45) is -1.26. The van der Waals surface area contributed by atoms with Crippen molar-refractivity contribution in [2.24, 2.45) is 5.92 Å². The molecule has 17 heavy (non-hydrogen) atoms. The fourth-order valence-corrected chi connectivity index (χ4v) is 1.58. The summed E-state index contributed by atoms with van der Waals surface area (Å²) in [5.74, 6) is -3.69. The fraction of sp³-hybridized carbons (Fsp3) is 0.600. The van der Waals surface area contributed by atoms with Gasteiger partial charge in [-0.05, 0) is 6.92 Å². The standard InChI is InChI=1S/C10H13NO6/c1-2-17-9(14)8(13)6-5-11(10(15)16)4-3-7(6)12/h6H,2-5H2,1H3,(H,15,16). The molecule has 0 aromatic heterocycles. The van der Waals surface area contributed by atoms with E-state index in [1.807, 2.05) is 0 Å². The first-order chi connectivity index (χ1) is 7.97. The number of likely N-dealkylation sites (tertiary alicyclic amines) is 1. The van der Waals surface area contributed by atoms with Crippen molar-refractivity contribution in [3.63, 3.8) is 0 Å². The molecule has 94 valence electrons. The minimum Gasteiger partial charge on any atom is -0.465 e. The number of hydrogen-bond acceptors (Lipinski definition) is 5. The molecule has 0 aromatic carbocycles. The molecule has 1 aliphatic heterocycles. The Balaban J connectivity index is 2.73. The summed E-state index contributed by atoms with van der Waals surface area (Å²) in [6, 6.07) is 0. The summed E-state index contributed by atoms with van der Waals surface area (Å²) >= 11 is 0. The van der Waals surface area contributed by atoms with Gasteiger partial charge in [0.15, 0.2) is 0 Å². The van der Waals surface area contributed by atoms with Crippen molar-refractivity contribution in [1.82, 2.24) is 4.90 Å². The minimum absolute atomic E-state index is 0.0358. The predicted octanol–water partition coefficient (Wildman–Crippen LogP) is -0.312. The van der Waals surface area contributed by atoms with E-state index in [1.165, 1.54) is 6.92 Å². The van der Waals surface area contributed by atoms with E-state index in [9.17, 15) is 19.2 Å². The highest BCUT2D eigenvalue weighted by molar-refractivity contribution is 6.38. The van der Waals surface area contributed by atoms with Crippen molar-refractivity contribution >= 4 is 23.6 Å². The molecule has 1 N–H and O–H groups in total. The molecule has 1 rings (SSSR count). The lowest BCUT2D eigenvalue weighted by Crippen LogP contribution is -2.48. The summed E-state index contributed by atoms with van der Waals surface area (Å²) < 4.78 is 4.49. The molecule has 0 saturated carbocycles. The number of amides is 1. The number of carbonyl (C=O) groups excluding carboxylic acids is 3. The molecule has 1 aliphatic rings. The fourth-order valence-electron chi connectivity index (χ4n) is 1.58. The first-order valence-corrected chi connectivity index (χ1v) is 5.19. The van der Waals surface area contributed by atoms with Crippen molar-refractivity contribution in [2.45, 2.75) is 13.3 Å². The normalized spacial score (nSPS) is 19.9. The third-order valence-corrected chi connectivity index (χ3v) is 2.48. The molecule has 7 heteroatoms. The molecule has 0 aromatic rings. The number of carbonyl (C=O) groups is 4. The SMILES string of the molecule is CCOC(=O)C(=O)C1CN(C(=O)O)CCC1=O. The van der Waals surface area contributed by atoms with Crippen LogP contribution in [-0.2, 0) is 19.1 Å². The van der Waals surface area contributed by atoms with Gasteiger partial charge in [-0.2, -0.15) is 0 Å². The zero-order chi connectivity index (χ0) is 13.0. The Hall–Kier alpha value is -1.92. The van der Waals surface area contributed by atoms with E-state index in [4.69, 9.17) is 5.11 Å². The van der Waals surface area contributed by atoms with Gasteiger partial charge in [0.25, 0.3) is 5.78 Å². The summed E-state index contributed by atoms with van der Waals surface area (Å²) in [5, 5.41) is 8.75. The maximum Gasteiger partial charge on any atom is 0.407 e. The molecule has 1 saturated heterocycles. The smallest absolute Gasteiger partial charge is 0.407 e. The van der Waals surface area contributed by atoms with E-state index in [0.29, 0.717) is 0 Å². The van der Waals surface area contributed by atoms with Gasteiger partial charge in [-0.25, -0.2) is 9.59 Å². The number of ether oxygens (including phenoxy) is 1. The number of hydrogen-bond donors (Lipinski definition) is 1. The molecule has 1 unspecified atom stereocenters. The lowest BCUT2D eigenvalue weighted by Gasteiger charge is -2.28. The number of piperidine rings is 1. The number of Topliss-reactive ketones (excluding diaryl/α,β-unsaturated/α-hetero) is 2. The van der Waals surface area contributed by atoms with Crippen molar-refractivity contribution in [2.75, 3.05) is 19.7 Å². The van der Waals surface area contributed by atoms with E-state index in [-0.39, 0.29) is 26.1 Å². The summed E-state index contributed by atoms with van der Waals surface area (Å²) in [5.41, 5.74) is 0. The number of carboxylic acid groups (broad SMARTS) is 1. The lowest BCUT2D eigenvalue weighted by molar-refractivity contribution is -0.157. The molecular weight excluding hydrogens is 230 g/mol. The molecule has 0 radical (unpaired) electrons. The Bertz CT molecular complexity index is 364. The Kier molecular flexibility index (Phi) is 4.19. The summed E-state index contributed by atoms with van der Waals surface area (Å²) in [7, 11) is 0. The number of esters is 1. The average Bonchev–Trinajstić information content (AvgIpc) is 2.28. The van der Waals surface area contributed by atoms with Crippen LogP contribution < -0.4 is 0 Å². The van der Waals surface area contributed by atoms with E-state index >= 15 is 0 Å². The van der Waals surface area contributed by atoms with Crippen molar-refractivity contribution in [3.05, 3.63) is 0 Å². The first kappa shape index (κ1) is 13.1. The van der Waals surface area contributed by atoms with E-state index in [2.05, 4.69) is 4.74 Å². The minimum atomic E-state index is -1.22. The second-order valence-electron chi connectivity index (χ2n) is 3.58. The largest absolute Gasteiger partial charge is 0.465 e. The van der Waals surface area contributed by atoms with Crippen LogP contribution >= 0.6 is 0 Å². The van der Waals surface area contributed by atoms with Gasteiger partial charge in [-0.1, -0.05) is 0 Å². The maximum absolute atomic E-state index is 11.6. The van der Waals surface area contributed by atoms with Crippen LogP contribution in [0.3, 0.4) is 0 Å². The molecule has 0 bridgehead atoms. The first-order valence-electron chi connectivity index (χ1n) is 5.19. The van der Waals surface area contributed by atoms with Crippen LogP contribution in [0.15, 0.2) is 0 Å². The maximum atomic E-state index is 11.6. The summed E-state index contributed by atoms with van der Waals surface area (Å²) in [6.45, 7) is 1.36. The van der Waals surface area contributed by atoms with Gasteiger partial charge in [-0.3, -0.25) is 9.59 Å². The lowest BCUT2D eigenvalue weighted by atomic mass is 9.92. The molecule has 0 aliphatic carbocycles. The Morgan fingerprint density at radius 3 is 2.65 bits per heavy atom. The molecule has 7 nitrogen and oxygen atoms in total. The molecule has 1 atom stereocenters. The third kappa shape index (κ3) is 3.02. The number of ketones is 2. The van der Waals surface area contributed by atoms with Gasteiger partial charge in [-0.15, -0.1) is 0 Å². The van der Waals surface area contributed by atoms with Crippen LogP contribution in [0.25, 0.3) is 0 Å². The molecular formula is C10H13NO6. The predicted molar refractivity (Wildman–Crippen MR) is 54.4 cm³/mol. The molecule has 1 amide bonds. The second kappa shape index (κ2) is 5.42. The molecule has 0 spiro atoms. The number of nitrogens with zero attached hydrogens (tertiary/aromatic N) is 1. The van der Waals surface area contributed by atoms with Gasteiger partial charge in [0.05, 0.1) is 6.61 Å². The quantitative estimate of drug-likeness (QED) is 0.414. The Labute approximate surface area is 97.3 Å². The van der Waals surface area contributed by atoms with Crippen LogP contribution in [0.2, 0.25) is 0 Å². The van der Waals surface area contributed by atoms with Crippen molar-refractivity contribution in [1.29, 1.82) is 0 Å². The van der Waals surface area contributed by atoms with Gasteiger partial charge < -0.3 is 14.7 Å². The van der Waals surface area contributed by atoms with Crippen LogP contribution in [0.4, 0.5) is 4.79 Å². The Morgan fingerprint density at radius 2 is 2.12 bits per heavy atom. The van der Waals surface area contributed by atoms with Crippen LogP contribution in [0.5, 0.6) is 0 Å². The van der Waals surface area contributed by atoms with E-state index < -0.39 is 29.5 Å². The highest BCUT2D eigenvalue weighted by atomic mass is 16.5. The van der Waals surface area contributed by atoms with Crippen LogP contribution in [0, 0.1) is 5.92 Å². The van der Waals surface area contributed by atoms with Gasteiger partial charge in [0.2, 0.25) is 0 Å². The van der Waals surface area contributed by atoms with Gasteiger partial charge in [0.1, 0.15) is 11.7 Å². The zero-order valence-electron chi connectivity index (χ0n) is 9.34. The van der Waals surface area contributed by atoms with E-state index in [0.717, 1.165) is 4.90 Å². The average molecular weight is 243 g/mol. The summed E-state index contributed by atoms with van der Waals surface area (Å²) in [4.78, 5) is 45.8. The van der Waals surface area contributed by atoms with Crippen LogP contribution in [-0.4, -0.2) is 53.3 Å². The highest BCUT2D eigenvalue weighted by Crippen LogP contribution is 2.14. The van der Waals surface area contributed by atoms with Crippen molar-refractivity contribution < 1.29 is 29.0 Å². The van der Waals surface area contributed by atoms with Crippen LogP contribution in [0.1, 0.15) is 13.3 Å². The zero-order valence-corrected chi connectivity index (χ0v) is 9.34.